The summed E-state index contributed by atoms with van der Waals surface area (Å²) in [6.07, 6.45) is 0.922. The smallest absolute Gasteiger partial charge is 0.191 e. The van der Waals surface area contributed by atoms with Gasteiger partial charge in [-0.25, -0.2) is 0 Å². The van der Waals surface area contributed by atoms with Gasteiger partial charge in [-0.3, -0.25) is 9.67 Å². The van der Waals surface area contributed by atoms with Crippen LogP contribution in [0, 0.1) is 13.8 Å². The third kappa shape index (κ3) is 7.09. The Balaban J connectivity index is 0.00000392. The highest BCUT2D eigenvalue weighted by Crippen LogP contribution is 2.14. The molecule has 1 heterocycles. The molecule has 2 N–H and O–H groups in total. The highest BCUT2D eigenvalue weighted by Gasteiger charge is 2.14. The summed E-state index contributed by atoms with van der Waals surface area (Å²) < 4.78 is 1.95. The number of guanidine groups is 1. The zero-order valence-corrected chi connectivity index (χ0v) is 20.5. The monoisotopic (exact) mass is 498 g/mol. The van der Waals surface area contributed by atoms with Gasteiger partial charge in [0.1, 0.15) is 0 Å². The molecule has 0 bridgehead atoms. The molecule has 0 radical (unpaired) electrons. The zero-order chi connectivity index (χ0) is 20.0. The van der Waals surface area contributed by atoms with Crippen LogP contribution in [0.1, 0.15) is 35.0 Å². The van der Waals surface area contributed by atoms with Crippen LogP contribution in [-0.2, 0) is 26.6 Å². The summed E-state index contributed by atoms with van der Waals surface area (Å²) in [5, 5.41) is 11.4. The third-order valence-corrected chi connectivity index (χ3v) is 4.76. The van der Waals surface area contributed by atoms with E-state index in [0.717, 1.165) is 31.2 Å². The number of nitrogens with zero attached hydrogens (tertiary/aromatic N) is 4. The fraction of sp³-hybridized carbons (Fsp3) is 0.524. The molecule has 0 aliphatic heterocycles. The van der Waals surface area contributed by atoms with Crippen molar-refractivity contribution in [2.75, 3.05) is 21.1 Å². The Morgan fingerprint density at radius 1 is 1.18 bits per heavy atom. The Morgan fingerprint density at radius 2 is 1.79 bits per heavy atom. The summed E-state index contributed by atoms with van der Waals surface area (Å²) in [4.78, 5) is 6.53. The molecule has 1 aromatic heterocycles. The van der Waals surface area contributed by atoms with E-state index in [1.807, 2.05) is 18.8 Å². The van der Waals surface area contributed by atoms with E-state index in [1.165, 1.54) is 22.4 Å². The largest absolute Gasteiger partial charge is 0.354 e. The Labute approximate surface area is 186 Å². The van der Waals surface area contributed by atoms with Crippen molar-refractivity contribution in [2.24, 2.45) is 12.0 Å². The quantitative estimate of drug-likeness (QED) is 0.350. The van der Waals surface area contributed by atoms with Gasteiger partial charge in [0.25, 0.3) is 0 Å². The van der Waals surface area contributed by atoms with Gasteiger partial charge in [0.05, 0.1) is 5.69 Å². The molecule has 0 aliphatic carbocycles. The topological polar surface area (TPSA) is 57.5 Å². The van der Waals surface area contributed by atoms with E-state index >= 15 is 0 Å². The second kappa shape index (κ2) is 11.4. The molecule has 0 fully saturated rings. The second-order valence-corrected chi connectivity index (χ2v) is 7.50. The molecule has 6 nitrogen and oxygen atoms in total. The average Bonchev–Trinajstić information content (AvgIpc) is 2.85. The van der Waals surface area contributed by atoms with Gasteiger partial charge < -0.3 is 15.5 Å². The van der Waals surface area contributed by atoms with E-state index in [9.17, 15) is 0 Å². The van der Waals surface area contributed by atoms with Crippen molar-refractivity contribution in [3.63, 3.8) is 0 Å². The van der Waals surface area contributed by atoms with Crippen molar-refractivity contribution in [2.45, 2.75) is 46.3 Å². The molecule has 7 heteroatoms. The van der Waals surface area contributed by atoms with Gasteiger partial charge >= 0.3 is 0 Å². The Bertz CT molecular complexity index is 764. The number of nitrogens with one attached hydrogen (secondary N) is 2. The van der Waals surface area contributed by atoms with E-state index in [2.05, 4.69) is 84.8 Å². The fourth-order valence-electron chi connectivity index (χ4n) is 3.21. The van der Waals surface area contributed by atoms with Crippen LogP contribution in [0.15, 0.2) is 29.3 Å². The number of hydrogen-bond donors (Lipinski definition) is 2. The average molecular weight is 498 g/mol. The van der Waals surface area contributed by atoms with Crippen molar-refractivity contribution in [3.8, 4) is 0 Å². The van der Waals surface area contributed by atoms with Crippen molar-refractivity contribution < 1.29 is 0 Å². The number of rotatable bonds is 7. The van der Waals surface area contributed by atoms with Gasteiger partial charge in [-0.15, -0.1) is 24.0 Å². The summed E-state index contributed by atoms with van der Waals surface area (Å²) in [5.74, 6) is 0.819. The van der Waals surface area contributed by atoms with Gasteiger partial charge in [-0.05, 0) is 58.0 Å². The Morgan fingerprint density at radius 3 is 2.29 bits per heavy atom. The van der Waals surface area contributed by atoms with Gasteiger partial charge in [0.2, 0.25) is 0 Å². The molecular weight excluding hydrogens is 463 g/mol. The van der Waals surface area contributed by atoms with Crippen LogP contribution in [0.25, 0.3) is 0 Å². The highest BCUT2D eigenvalue weighted by atomic mass is 127. The number of hydrogen-bond acceptors (Lipinski definition) is 3. The lowest BCUT2D eigenvalue weighted by molar-refractivity contribution is 0.402. The standard InChI is InChI=1S/C21H34N6.HI/c1-15(12-20-16(2)25-27(7)17(20)3)24-21(22-4)23-13-18-8-10-19(11-9-18)14-26(5)6;/h8-11,15H,12-14H2,1-7H3,(H2,22,23,24);1H. The second-order valence-electron chi connectivity index (χ2n) is 7.50. The minimum Gasteiger partial charge on any atom is -0.354 e. The first-order chi connectivity index (χ1) is 12.8. The molecule has 0 saturated carbocycles. The minimum atomic E-state index is 0. The first kappa shape index (κ1) is 24.4. The normalized spacial score (nSPS) is 12.6. The molecule has 0 amide bonds. The molecule has 0 aliphatic rings. The SMILES string of the molecule is CN=C(NCc1ccc(CN(C)C)cc1)NC(C)Cc1c(C)nn(C)c1C.I. The predicted octanol–water partition coefficient (Wildman–Crippen LogP) is 3.01. The molecule has 0 saturated heterocycles. The number of halogens is 1. The van der Waals surface area contributed by atoms with Gasteiger partial charge in [0.15, 0.2) is 5.96 Å². The first-order valence-corrected chi connectivity index (χ1v) is 9.49. The van der Waals surface area contributed by atoms with E-state index in [0.29, 0.717) is 0 Å². The van der Waals surface area contributed by atoms with Crippen LogP contribution in [0.4, 0.5) is 0 Å². The third-order valence-electron chi connectivity index (χ3n) is 4.76. The van der Waals surface area contributed by atoms with Crippen LogP contribution < -0.4 is 10.6 Å². The number of aryl methyl sites for hydroxylation is 2. The maximum Gasteiger partial charge on any atom is 0.191 e. The lowest BCUT2D eigenvalue weighted by Crippen LogP contribution is -2.42. The summed E-state index contributed by atoms with van der Waals surface area (Å²) in [5.41, 5.74) is 6.20. The molecule has 1 atom stereocenters. The van der Waals surface area contributed by atoms with E-state index in [1.54, 1.807) is 0 Å². The molecule has 1 aromatic carbocycles. The van der Waals surface area contributed by atoms with Crippen LogP contribution in [0.3, 0.4) is 0 Å². The first-order valence-electron chi connectivity index (χ1n) is 9.49. The molecule has 2 rings (SSSR count). The summed E-state index contributed by atoms with van der Waals surface area (Å²) in [7, 11) is 7.97. The van der Waals surface area contributed by atoms with E-state index < -0.39 is 0 Å². The summed E-state index contributed by atoms with van der Waals surface area (Å²) in [6, 6.07) is 8.98. The Hall–Kier alpha value is -1.61. The van der Waals surface area contributed by atoms with Gasteiger partial charge in [-0.1, -0.05) is 24.3 Å². The van der Waals surface area contributed by atoms with E-state index in [-0.39, 0.29) is 30.0 Å². The van der Waals surface area contributed by atoms with Crippen molar-refractivity contribution in [1.82, 2.24) is 25.3 Å². The molecular formula is C21H35IN6. The van der Waals surface area contributed by atoms with E-state index in [4.69, 9.17) is 0 Å². The lowest BCUT2D eigenvalue weighted by atomic mass is 10.1. The highest BCUT2D eigenvalue weighted by molar-refractivity contribution is 14.0. The molecule has 2 aromatic rings. The van der Waals surface area contributed by atoms with Crippen molar-refractivity contribution >= 4 is 29.9 Å². The summed E-state index contributed by atoms with van der Waals surface area (Å²) in [6.45, 7) is 8.08. The fourth-order valence-corrected chi connectivity index (χ4v) is 3.21. The molecule has 1 unspecified atom stereocenters. The van der Waals surface area contributed by atoms with Crippen molar-refractivity contribution in [3.05, 3.63) is 52.3 Å². The van der Waals surface area contributed by atoms with Crippen LogP contribution >= 0.6 is 24.0 Å². The minimum absolute atomic E-state index is 0. The van der Waals surface area contributed by atoms with Gasteiger partial charge in [-0.2, -0.15) is 5.10 Å². The van der Waals surface area contributed by atoms with Gasteiger partial charge in [0, 0.05) is 38.9 Å². The van der Waals surface area contributed by atoms with Crippen LogP contribution in [0.2, 0.25) is 0 Å². The number of aliphatic imine (C=N–C) groups is 1. The maximum absolute atomic E-state index is 4.50. The lowest BCUT2D eigenvalue weighted by Gasteiger charge is -2.18. The molecule has 28 heavy (non-hydrogen) atoms. The predicted molar refractivity (Wildman–Crippen MR) is 128 cm³/mol. The number of benzene rings is 1. The van der Waals surface area contributed by atoms with Crippen LogP contribution in [0.5, 0.6) is 0 Å². The zero-order valence-electron chi connectivity index (χ0n) is 18.2. The van der Waals surface area contributed by atoms with Crippen molar-refractivity contribution in [1.29, 1.82) is 0 Å². The molecule has 0 spiro atoms. The Kier molecular flexibility index (Phi) is 9.95. The molecule has 156 valence electrons. The maximum atomic E-state index is 4.50. The van der Waals surface area contributed by atoms with Crippen LogP contribution in [-0.4, -0.2) is 47.8 Å². The number of aromatic nitrogens is 2. The summed E-state index contributed by atoms with van der Waals surface area (Å²) >= 11 is 0.